The first-order chi connectivity index (χ1) is 10.1. The van der Waals surface area contributed by atoms with Gasteiger partial charge in [-0.05, 0) is 30.3 Å². The van der Waals surface area contributed by atoms with Crippen molar-refractivity contribution in [3.63, 3.8) is 0 Å². The molecule has 2 aromatic carbocycles. The van der Waals surface area contributed by atoms with Gasteiger partial charge in [-0.15, -0.1) is 11.8 Å². The van der Waals surface area contributed by atoms with Crippen molar-refractivity contribution >= 4 is 35.0 Å². The third-order valence-corrected chi connectivity index (χ3v) is 3.96. The Labute approximate surface area is 131 Å². The van der Waals surface area contributed by atoms with Gasteiger partial charge in [0.15, 0.2) is 0 Å². The van der Waals surface area contributed by atoms with E-state index in [1.807, 2.05) is 0 Å². The van der Waals surface area contributed by atoms with Crippen molar-refractivity contribution in [1.29, 1.82) is 0 Å². The summed E-state index contributed by atoms with van der Waals surface area (Å²) in [5.41, 5.74) is 6.67. The number of nitrogens with two attached hydrogens (primary N) is 1. The van der Waals surface area contributed by atoms with Crippen LogP contribution < -0.4 is 10.5 Å². The fourth-order valence-corrected chi connectivity index (χ4v) is 2.77. The number of carbonyl (C=O) groups is 1. The highest BCUT2D eigenvalue weighted by molar-refractivity contribution is 7.99. The lowest BCUT2D eigenvalue weighted by Gasteiger charge is -2.09. The van der Waals surface area contributed by atoms with E-state index in [1.54, 1.807) is 36.4 Å². The van der Waals surface area contributed by atoms with Crippen molar-refractivity contribution in [2.24, 2.45) is 0 Å². The van der Waals surface area contributed by atoms with E-state index in [1.165, 1.54) is 17.8 Å². The Balaban J connectivity index is 1.91. The van der Waals surface area contributed by atoms with Crippen molar-refractivity contribution in [3.8, 4) is 5.75 Å². The van der Waals surface area contributed by atoms with Crippen LogP contribution in [-0.2, 0) is 0 Å². The molecule has 0 aliphatic carbocycles. The molecular formula is C15H14ClNO3S. The summed E-state index contributed by atoms with van der Waals surface area (Å²) in [6.45, 7) is 0.376. The van der Waals surface area contributed by atoms with Gasteiger partial charge >= 0.3 is 5.97 Å². The lowest BCUT2D eigenvalue weighted by atomic mass is 10.2. The minimum atomic E-state index is -1.00. The van der Waals surface area contributed by atoms with Crippen LogP contribution in [-0.4, -0.2) is 23.4 Å². The number of nitrogen functional groups attached to an aromatic ring is 1. The number of anilines is 1. The van der Waals surface area contributed by atoms with Crippen LogP contribution in [0.2, 0.25) is 5.02 Å². The van der Waals surface area contributed by atoms with Crippen molar-refractivity contribution in [2.45, 2.75) is 4.90 Å². The summed E-state index contributed by atoms with van der Waals surface area (Å²) in [6.07, 6.45) is 0. The number of carboxylic acids is 1. The maximum Gasteiger partial charge on any atom is 0.339 e. The standard InChI is InChI=1S/C15H14ClNO3S/c16-10-5-6-12(17)14(9-10)21-8-7-20-13-4-2-1-3-11(13)15(18)19/h1-6,9H,7-8,17H2,(H,18,19). The largest absolute Gasteiger partial charge is 0.492 e. The van der Waals surface area contributed by atoms with E-state index >= 15 is 0 Å². The lowest BCUT2D eigenvalue weighted by molar-refractivity contribution is 0.0692. The summed E-state index contributed by atoms with van der Waals surface area (Å²) < 4.78 is 5.51. The zero-order valence-electron chi connectivity index (χ0n) is 11.1. The average Bonchev–Trinajstić information content (AvgIpc) is 2.47. The number of ether oxygens (including phenoxy) is 1. The van der Waals surface area contributed by atoms with Crippen molar-refractivity contribution in [1.82, 2.24) is 0 Å². The molecule has 110 valence electrons. The van der Waals surface area contributed by atoms with Gasteiger partial charge in [-0.1, -0.05) is 23.7 Å². The van der Waals surface area contributed by atoms with Gasteiger partial charge in [0.1, 0.15) is 11.3 Å². The molecule has 0 aliphatic rings. The lowest BCUT2D eigenvalue weighted by Crippen LogP contribution is -2.06. The highest BCUT2D eigenvalue weighted by Gasteiger charge is 2.10. The first-order valence-electron chi connectivity index (χ1n) is 6.21. The molecule has 0 bridgehead atoms. The average molecular weight is 324 g/mol. The number of para-hydroxylation sites is 1. The Morgan fingerprint density at radius 2 is 2.05 bits per heavy atom. The Morgan fingerprint density at radius 1 is 1.29 bits per heavy atom. The maximum atomic E-state index is 11.0. The molecule has 21 heavy (non-hydrogen) atoms. The summed E-state index contributed by atoms with van der Waals surface area (Å²) in [4.78, 5) is 11.9. The summed E-state index contributed by atoms with van der Waals surface area (Å²) in [5.74, 6) is 0.000364. The van der Waals surface area contributed by atoms with Crippen LogP contribution in [0.25, 0.3) is 0 Å². The van der Waals surface area contributed by atoms with Crippen molar-refractivity contribution < 1.29 is 14.6 Å². The van der Waals surface area contributed by atoms with Gasteiger partial charge in [0.2, 0.25) is 0 Å². The normalized spacial score (nSPS) is 10.3. The van der Waals surface area contributed by atoms with Crippen LogP contribution in [0.5, 0.6) is 5.75 Å². The fraction of sp³-hybridized carbons (Fsp3) is 0.133. The Morgan fingerprint density at radius 3 is 2.81 bits per heavy atom. The quantitative estimate of drug-likeness (QED) is 0.480. The Bertz CT molecular complexity index is 649. The minimum absolute atomic E-state index is 0.157. The van der Waals surface area contributed by atoms with Crippen LogP contribution in [0.1, 0.15) is 10.4 Å². The van der Waals surface area contributed by atoms with E-state index in [2.05, 4.69) is 0 Å². The smallest absolute Gasteiger partial charge is 0.339 e. The van der Waals surface area contributed by atoms with E-state index < -0.39 is 5.97 Å². The minimum Gasteiger partial charge on any atom is -0.492 e. The van der Waals surface area contributed by atoms with E-state index in [4.69, 9.17) is 27.2 Å². The molecule has 4 nitrogen and oxygen atoms in total. The molecule has 0 amide bonds. The first-order valence-corrected chi connectivity index (χ1v) is 7.57. The summed E-state index contributed by atoms with van der Waals surface area (Å²) in [5, 5.41) is 9.68. The van der Waals surface area contributed by atoms with E-state index in [0.717, 1.165) is 4.90 Å². The number of benzene rings is 2. The van der Waals surface area contributed by atoms with Crippen LogP contribution in [0.4, 0.5) is 5.69 Å². The SMILES string of the molecule is Nc1ccc(Cl)cc1SCCOc1ccccc1C(=O)O. The molecule has 0 atom stereocenters. The number of carboxylic acid groups (broad SMARTS) is 1. The second-order valence-electron chi connectivity index (χ2n) is 4.18. The molecule has 0 heterocycles. The third-order valence-electron chi connectivity index (χ3n) is 2.69. The molecule has 3 N–H and O–H groups in total. The van der Waals surface area contributed by atoms with Crippen LogP contribution in [0.3, 0.4) is 0 Å². The number of rotatable bonds is 6. The Kier molecular flexibility index (Phi) is 5.36. The molecule has 2 aromatic rings. The number of hydrogen-bond acceptors (Lipinski definition) is 4. The second kappa shape index (κ2) is 7.24. The number of halogens is 1. The number of hydrogen-bond donors (Lipinski definition) is 2. The zero-order valence-corrected chi connectivity index (χ0v) is 12.7. The summed E-state index contributed by atoms with van der Waals surface area (Å²) in [7, 11) is 0. The molecule has 2 rings (SSSR count). The highest BCUT2D eigenvalue weighted by atomic mass is 35.5. The molecule has 0 spiro atoms. The number of aromatic carboxylic acids is 1. The molecule has 0 saturated carbocycles. The maximum absolute atomic E-state index is 11.0. The molecule has 0 aliphatic heterocycles. The molecular weight excluding hydrogens is 310 g/mol. The molecule has 0 fully saturated rings. The van der Waals surface area contributed by atoms with Gasteiger partial charge in [-0.25, -0.2) is 4.79 Å². The van der Waals surface area contributed by atoms with Crippen LogP contribution in [0, 0.1) is 0 Å². The third kappa shape index (κ3) is 4.31. The topological polar surface area (TPSA) is 72.5 Å². The van der Waals surface area contributed by atoms with Gasteiger partial charge in [0, 0.05) is 21.4 Å². The van der Waals surface area contributed by atoms with E-state index in [9.17, 15) is 4.79 Å². The predicted octanol–water partition coefficient (Wildman–Crippen LogP) is 3.79. The highest BCUT2D eigenvalue weighted by Crippen LogP contribution is 2.28. The fourth-order valence-electron chi connectivity index (χ4n) is 1.71. The molecule has 0 radical (unpaired) electrons. The molecule has 0 unspecified atom stereocenters. The second-order valence-corrected chi connectivity index (χ2v) is 5.75. The predicted molar refractivity (Wildman–Crippen MR) is 85.5 cm³/mol. The summed E-state index contributed by atoms with van der Waals surface area (Å²) in [6, 6.07) is 11.8. The molecule has 0 saturated heterocycles. The van der Waals surface area contributed by atoms with Crippen molar-refractivity contribution in [2.75, 3.05) is 18.1 Å². The zero-order chi connectivity index (χ0) is 15.2. The van der Waals surface area contributed by atoms with Gasteiger partial charge in [0.25, 0.3) is 0 Å². The van der Waals surface area contributed by atoms with Gasteiger partial charge < -0.3 is 15.6 Å². The van der Waals surface area contributed by atoms with Gasteiger partial charge in [-0.3, -0.25) is 0 Å². The number of thioether (sulfide) groups is 1. The van der Waals surface area contributed by atoms with Crippen molar-refractivity contribution in [3.05, 3.63) is 53.1 Å². The molecule has 6 heteroatoms. The van der Waals surface area contributed by atoms with E-state index in [0.29, 0.717) is 28.8 Å². The Hall–Kier alpha value is -1.85. The monoisotopic (exact) mass is 323 g/mol. The van der Waals surface area contributed by atoms with E-state index in [-0.39, 0.29) is 5.56 Å². The first kappa shape index (κ1) is 15.5. The van der Waals surface area contributed by atoms with Gasteiger partial charge in [-0.2, -0.15) is 0 Å². The molecule has 0 aromatic heterocycles. The van der Waals surface area contributed by atoms with Crippen LogP contribution in [0.15, 0.2) is 47.4 Å². The van der Waals surface area contributed by atoms with Crippen LogP contribution >= 0.6 is 23.4 Å². The van der Waals surface area contributed by atoms with Gasteiger partial charge in [0.05, 0.1) is 6.61 Å². The summed E-state index contributed by atoms with van der Waals surface area (Å²) >= 11 is 7.43.